The lowest BCUT2D eigenvalue weighted by atomic mass is 10.1. The Morgan fingerprint density at radius 3 is 2.64 bits per heavy atom. The van der Waals surface area contributed by atoms with Crippen molar-refractivity contribution in [3.8, 4) is 0 Å². The van der Waals surface area contributed by atoms with Crippen molar-refractivity contribution in [3.63, 3.8) is 0 Å². The number of nitrogens with one attached hydrogen (secondary N) is 3. The quantitative estimate of drug-likeness (QED) is 0.197. The van der Waals surface area contributed by atoms with Crippen molar-refractivity contribution in [3.05, 3.63) is 59.8 Å². The zero-order chi connectivity index (χ0) is 27.6. The minimum atomic E-state index is -4.50. The number of halogens is 3. The van der Waals surface area contributed by atoms with E-state index in [9.17, 15) is 22.8 Å². The standard InChI is InChI=1S/C27H25F3N6O3/c1-2-39-22(37)10-11-31-25(38)15-6-9-19-20-14-32-26(34-17-7-8-17)36-23(20)24(35-21(19)12-15)33-18-5-3-4-16(13-18)27(28,29)30/h3-6,9,12-14,17H,2,7-8,10-11H2,1H3,(H,31,38)(H,33,35)(H,32,34,36). The SMILES string of the molecule is CCOC(=O)CCNC(=O)c1ccc2c(c1)nc(Nc1cccc(C(F)(F)F)c1)c1nc(NC3CC3)ncc12. The molecule has 1 saturated carbocycles. The fourth-order valence-electron chi connectivity index (χ4n) is 4.02. The summed E-state index contributed by atoms with van der Waals surface area (Å²) >= 11 is 0. The van der Waals surface area contributed by atoms with Gasteiger partial charge in [0.2, 0.25) is 5.95 Å². The predicted molar refractivity (Wildman–Crippen MR) is 140 cm³/mol. The van der Waals surface area contributed by atoms with Crippen LogP contribution in [0.3, 0.4) is 0 Å². The third-order valence-corrected chi connectivity index (χ3v) is 6.08. The van der Waals surface area contributed by atoms with Gasteiger partial charge in [-0.3, -0.25) is 9.59 Å². The van der Waals surface area contributed by atoms with Crippen molar-refractivity contribution < 1.29 is 27.5 Å². The molecule has 12 heteroatoms. The maximum absolute atomic E-state index is 13.3. The minimum Gasteiger partial charge on any atom is -0.466 e. The smallest absolute Gasteiger partial charge is 0.416 e. The second-order valence-electron chi connectivity index (χ2n) is 9.08. The maximum atomic E-state index is 13.3. The van der Waals surface area contributed by atoms with Crippen LogP contribution in [0.4, 0.5) is 30.6 Å². The van der Waals surface area contributed by atoms with E-state index in [0.29, 0.717) is 39.4 Å². The van der Waals surface area contributed by atoms with E-state index in [0.717, 1.165) is 25.0 Å². The zero-order valence-corrected chi connectivity index (χ0v) is 20.9. The van der Waals surface area contributed by atoms with E-state index in [2.05, 4.69) is 30.9 Å². The number of aromatic nitrogens is 3. The summed E-state index contributed by atoms with van der Waals surface area (Å²) in [5, 5.41) is 10.2. The lowest BCUT2D eigenvalue weighted by molar-refractivity contribution is -0.143. The molecule has 0 radical (unpaired) electrons. The Morgan fingerprint density at radius 1 is 1.08 bits per heavy atom. The molecule has 1 aliphatic carbocycles. The van der Waals surface area contributed by atoms with Crippen LogP contribution in [0.2, 0.25) is 0 Å². The van der Waals surface area contributed by atoms with Crippen molar-refractivity contribution in [2.45, 2.75) is 38.4 Å². The average Bonchev–Trinajstić information content (AvgIpc) is 3.72. The first-order chi connectivity index (χ1) is 18.7. The molecule has 4 aromatic rings. The molecule has 1 fully saturated rings. The highest BCUT2D eigenvalue weighted by atomic mass is 19.4. The second-order valence-corrected chi connectivity index (χ2v) is 9.08. The molecule has 2 aromatic heterocycles. The Labute approximate surface area is 221 Å². The summed E-state index contributed by atoms with van der Waals surface area (Å²) in [5.74, 6) is -0.199. The number of hydrogen-bond donors (Lipinski definition) is 3. The number of carbonyl (C=O) groups excluding carboxylic acids is 2. The van der Waals surface area contributed by atoms with Crippen LogP contribution < -0.4 is 16.0 Å². The number of fused-ring (bicyclic) bond motifs is 3. The number of carbonyl (C=O) groups is 2. The topological polar surface area (TPSA) is 118 Å². The first-order valence-corrected chi connectivity index (χ1v) is 12.5. The van der Waals surface area contributed by atoms with Gasteiger partial charge in [-0.25, -0.2) is 15.0 Å². The van der Waals surface area contributed by atoms with E-state index in [4.69, 9.17) is 4.74 Å². The summed E-state index contributed by atoms with van der Waals surface area (Å²) < 4.78 is 44.8. The van der Waals surface area contributed by atoms with Gasteiger partial charge in [0.1, 0.15) is 5.52 Å². The van der Waals surface area contributed by atoms with Crippen molar-refractivity contribution in [2.24, 2.45) is 0 Å². The normalized spacial score (nSPS) is 13.3. The molecule has 1 amide bonds. The van der Waals surface area contributed by atoms with Crippen molar-refractivity contribution >= 4 is 51.1 Å². The summed E-state index contributed by atoms with van der Waals surface area (Å²) in [5.41, 5.74) is 0.522. The van der Waals surface area contributed by atoms with Crippen LogP contribution >= 0.6 is 0 Å². The molecule has 202 valence electrons. The molecule has 0 bridgehead atoms. The van der Waals surface area contributed by atoms with Gasteiger partial charge in [0.05, 0.1) is 24.1 Å². The number of nitrogens with zero attached hydrogens (tertiary/aromatic N) is 3. The number of pyridine rings is 1. The molecule has 39 heavy (non-hydrogen) atoms. The number of amides is 1. The Bertz CT molecular complexity index is 1560. The minimum absolute atomic E-state index is 0.0374. The van der Waals surface area contributed by atoms with Gasteiger partial charge in [-0.15, -0.1) is 0 Å². The fraction of sp³-hybridized carbons (Fsp3) is 0.296. The summed E-state index contributed by atoms with van der Waals surface area (Å²) in [6.07, 6.45) is -0.812. The summed E-state index contributed by atoms with van der Waals surface area (Å²) in [7, 11) is 0. The van der Waals surface area contributed by atoms with Crippen LogP contribution in [0, 0.1) is 0 Å². The maximum Gasteiger partial charge on any atom is 0.416 e. The Hall–Kier alpha value is -4.48. The van der Waals surface area contributed by atoms with E-state index in [1.807, 2.05) is 0 Å². The van der Waals surface area contributed by atoms with Crippen LogP contribution in [-0.2, 0) is 15.7 Å². The summed E-state index contributed by atoms with van der Waals surface area (Å²) in [4.78, 5) is 37.9. The number of ether oxygens (including phenoxy) is 1. The molecule has 5 rings (SSSR count). The highest BCUT2D eigenvalue weighted by molar-refractivity contribution is 6.10. The third kappa shape index (κ3) is 6.16. The van der Waals surface area contributed by atoms with E-state index < -0.39 is 23.6 Å². The van der Waals surface area contributed by atoms with E-state index in [-0.39, 0.29) is 31.1 Å². The van der Waals surface area contributed by atoms with Crippen LogP contribution in [0.5, 0.6) is 0 Å². The van der Waals surface area contributed by atoms with Gasteiger partial charge in [0.25, 0.3) is 5.91 Å². The first-order valence-electron chi connectivity index (χ1n) is 12.5. The molecule has 0 aliphatic heterocycles. The van der Waals surface area contributed by atoms with Gasteiger partial charge in [0, 0.05) is 40.8 Å². The van der Waals surface area contributed by atoms with E-state index in [1.165, 1.54) is 12.1 Å². The van der Waals surface area contributed by atoms with Gasteiger partial charge in [-0.1, -0.05) is 12.1 Å². The Kier molecular flexibility index (Phi) is 7.18. The first kappa shape index (κ1) is 26.1. The highest BCUT2D eigenvalue weighted by Crippen LogP contribution is 2.34. The van der Waals surface area contributed by atoms with Crippen LogP contribution in [-0.4, -0.2) is 46.0 Å². The largest absolute Gasteiger partial charge is 0.466 e. The lowest BCUT2D eigenvalue weighted by Crippen LogP contribution is -2.26. The molecule has 2 aromatic carbocycles. The average molecular weight is 539 g/mol. The van der Waals surface area contributed by atoms with Gasteiger partial charge < -0.3 is 20.7 Å². The highest BCUT2D eigenvalue weighted by Gasteiger charge is 2.30. The van der Waals surface area contributed by atoms with Crippen molar-refractivity contribution in [1.82, 2.24) is 20.3 Å². The zero-order valence-electron chi connectivity index (χ0n) is 20.9. The molecular weight excluding hydrogens is 513 g/mol. The number of benzene rings is 2. The van der Waals surface area contributed by atoms with E-state index in [1.54, 1.807) is 31.3 Å². The monoisotopic (exact) mass is 538 g/mol. The van der Waals surface area contributed by atoms with Gasteiger partial charge in [-0.2, -0.15) is 13.2 Å². The molecule has 0 atom stereocenters. The number of rotatable bonds is 9. The van der Waals surface area contributed by atoms with Crippen LogP contribution in [0.1, 0.15) is 42.1 Å². The summed E-state index contributed by atoms with van der Waals surface area (Å²) in [6.45, 7) is 2.07. The molecule has 1 aliphatic rings. The summed E-state index contributed by atoms with van der Waals surface area (Å²) in [6, 6.07) is 10.0. The molecule has 3 N–H and O–H groups in total. The fourth-order valence-corrected chi connectivity index (χ4v) is 4.02. The number of hydrogen-bond acceptors (Lipinski definition) is 8. The molecule has 0 spiro atoms. The third-order valence-electron chi connectivity index (χ3n) is 6.08. The second kappa shape index (κ2) is 10.7. The molecule has 2 heterocycles. The predicted octanol–water partition coefficient (Wildman–Crippen LogP) is 5.20. The molecule has 9 nitrogen and oxygen atoms in total. The van der Waals surface area contributed by atoms with Crippen LogP contribution in [0.25, 0.3) is 21.8 Å². The van der Waals surface area contributed by atoms with Gasteiger partial charge >= 0.3 is 12.1 Å². The number of esters is 1. The van der Waals surface area contributed by atoms with E-state index >= 15 is 0 Å². The number of alkyl halides is 3. The van der Waals surface area contributed by atoms with Gasteiger partial charge in [-0.05, 0) is 50.1 Å². The van der Waals surface area contributed by atoms with Gasteiger partial charge in [0.15, 0.2) is 5.82 Å². The molecule has 0 unspecified atom stereocenters. The Balaban J connectivity index is 1.51. The van der Waals surface area contributed by atoms with Crippen molar-refractivity contribution in [1.29, 1.82) is 0 Å². The Morgan fingerprint density at radius 2 is 1.90 bits per heavy atom. The lowest BCUT2D eigenvalue weighted by Gasteiger charge is -2.14. The molecule has 0 saturated heterocycles. The number of anilines is 3. The van der Waals surface area contributed by atoms with Crippen molar-refractivity contribution in [2.75, 3.05) is 23.8 Å². The molecular formula is C27H25F3N6O3. The van der Waals surface area contributed by atoms with Crippen LogP contribution in [0.15, 0.2) is 48.7 Å².